The lowest BCUT2D eigenvalue weighted by atomic mass is 10.1. The van der Waals surface area contributed by atoms with Crippen LogP contribution in [-0.4, -0.2) is 24.4 Å². The molecule has 4 aromatic carbocycles. The minimum atomic E-state index is -0.524. The number of amides is 2. The lowest BCUT2D eigenvalue weighted by molar-refractivity contribution is -0.147. The second kappa shape index (κ2) is 12.5. The Kier molecular flexibility index (Phi) is 8.72. The van der Waals surface area contributed by atoms with Crippen molar-refractivity contribution in [3.05, 3.63) is 96.1 Å². The summed E-state index contributed by atoms with van der Waals surface area (Å²) in [4.78, 5) is 36.3. The summed E-state index contributed by atoms with van der Waals surface area (Å²) < 4.78 is 11.0. The van der Waals surface area contributed by atoms with Crippen LogP contribution < -0.4 is 15.4 Å². The molecule has 0 aliphatic rings. The molecule has 7 nitrogen and oxygen atoms in total. The molecule has 7 heteroatoms. The lowest BCUT2D eigenvalue weighted by Crippen LogP contribution is -2.21. The van der Waals surface area contributed by atoms with E-state index in [0.29, 0.717) is 23.5 Å². The molecule has 0 spiro atoms. The van der Waals surface area contributed by atoms with E-state index >= 15 is 0 Å². The fourth-order valence-corrected chi connectivity index (χ4v) is 3.88. The van der Waals surface area contributed by atoms with Gasteiger partial charge in [-0.3, -0.25) is 14.4 Å². The first-order valence-electron chi connectivity index (χ1n) is 12.5. The number of carbonyl (C=O) groups is 3. The molecule has 4 rings (SSSR count). The molecule has 0 aliphatic carbocycles. The van der Waals surface area contributed by atoms with E-state index in [1.807, 2.05) is 68.4 Å². The SMILES string of the molecule is Cc1cccc(NC(=O)COC(=O)CCCC(=O)Nc2ccc(Oc3ccc4ccccc4c3)cc2)c1C. The van der Waals surface area contributed by atoms with E-state index in [9.17, 15) is 14.4 Å². The van der Waals surface area contributed by atoms with Gasteiger partial charge in [0.2, 0.25) is 5.91 Å². The van der Waals surface area contributed by atoms with Gasteiger partial charge < -0.3 is 20.1 Å². The maximum Gasteiger partial charge on any atom is 0.306 e. The molecule has 194 valence electrons. The van der Waals surface area contributed by atoms with Crippen molar-refractivity contribution < 1.29 is 23.9 Å². The Hall–Kier alpha value is -4.65. The number of fused-ring (bicyclic) bond motifs is 1. The first kappa shape index (κ1) is 26.4. The summed E-state index contributed by atoms with van der Waals surface area (Å²) in [6.07, 6.45) is 0.508. The molecule has 38 heavy (non-hydrogen) atoms. The molecule has 0 fully saturated rings. The second-order valence-corrected chi connectivity index (χ2v) is 8.99. The van der Waals surface area contributed by atoms with Crippen molar-refractivity contribution in [2.24, 2.45) is 0 Å². The van der Waals surface area contributed by atoms with Gasteiger partial charge in [0.1, 0.15) is 11.5 Å². The highest BCUT2D eigenvalue weighted by Gasteiger charge is 2.11. The number of aryl methyl sites for hydroxylation is 1. The van der Waals surface area contributed by atoms with Crippen molar-refractivity contribution in [3.63, 3.8) is 0 Å². The number of hydrogen-bond donors (Lipinski definition) is 2. The fraction of sp³-hybridized carbons (Fsp3) is 0.194. The van der Waals surface area contributed by atoms with Gasteiger partial charge in [-0.1, -0.05) is 42.5 Å². The zero-order chi connectivity index (χ0) is 26.9. The molecule has 0 saturated heterocycles. The van der Waals surface area contributed by atoms with Crippen molar-refractivity contribution in [1.29, 1.82) is 0 Å². The number of rotatable bonds is 10. The smallest absolute Gasteiger partial charge is 0.306 e. The number of anilines is 2. The zero-order valence-electron chi connectivity index (χ0n) is 21.5. The predicted octanol–water partition coefficient (Wildman–Crippen LogP) is 6.54. The third-order valence-electron chi connectivity index (χ3n) is 6.12. The highest BCUT2D eigenvalue weighted by molar-refractivity contribution is 5.94. The van der Waals surface area contributed by atoms with Gasteiger partial charge in [0.05, 0.1) is 0 Å². The summed E-state index contributed by atoms with van der Waals surface area (Å²) in [5, 5.41) is 7.79. The fourth-order valence-electron chi connectivity index (χ4n) is 3.88. The molecule has 2 amide bonds. The largest absolute Gasteiger partial charge is 0.457 e. The summed E-state index contributed by atoms with van der Waals surface area (Å²) in [6, 6.07) is 26.7. The quantitative estimate of drug-likeness (QED) is 0.236. The van der Waals surface area contributed by atoms with Crippen molar-refractivity contribution >= 4 is 39.9 Å². The van der Waals surface area contributed by atoms with E-state index in [1.165, 1.54) is 0 Å². The summed E-state index contributed by atoms with van der Waals surface area (Å²) >= 11 is 0. The van der Waals surface area contributed by atoms with Crippen molar-refractivity contribution in [1.82, 2.24) is 0 Å². The normalized spacial score (nSPS) is 10.6. The first-order valence-corrected chi connectivity index (χ1v) is 12.5. The van der Waals surface area contributed by atoms with Gasteiger partial charge in [-0.05, 0) is 84.6 Å². The second-order valence-electron chi connectivity index (χ2n) is 8.99. The third kappa shape index (κ3) is 7.43. The van der Waals surface area contributed by atoms with E-state index in [1.54, 1.807) is 30.3 Å². The average Bonchev–Trinajstić information content (AvgIpc) is 2.91. The van der Waals surface area contributed by atoms with Gasteiger partial charge in [-0.2, -0.15) is 0 Å². The molecule has 0 radical (unpaired) electrons. The third-order valence-corrected chi connectivity index (χ3v) is 6.12. The van der Waals surface area contributed by atoms with E-state index in [4.69, 9.17) is 9.47 Å². The number of esters is 1. The molecule has 0 unspecified atom stereocenters. The highest BCUT2D eigenvalue weighted by Crippen LogP contribution is 2.26. The number of carbonyl (C=O) groups excluding carboxylic acids is 3. The number of ether oxygens (including phenoxy) is 2. The maximum atomic E-state index is 12.3. The first-order chi connectivity index (χ1) is 18.4. The van der Waals surface area contributed by atoms with Crippen LogP contribution in [-0.2, 0) is 19.1 Å². The molecular formula is C31H30N2O5. The molecule has 4 aromatic rings. The summed E-state index contributed by atoms with van der Waals surface area (Å²) in [7, 11) is 0. The Morgan fingerprint density at radius 1 is 0.711 bits per heavy atom. The molecule has 2 N–H and O–H groups in total. The molecule has 0 bridgehead atoms. The molecule has 0 heterocycles. The van der Waals surface area contributed by atoms with Crippen LogP contribution in [0.4, 0.5) is 11.4 Å². The van der Waals surface area contributed by atoms with Crippen molar-refractivity contribution in [3.8, 4) is 11.5 Å². The molecule has 0 saturated carbocycles. The number of benzene rings is 4. The van der Waals surface area contributed by atoms with E-state index < -0.39 is 11.9 Å². The van der Waals surface area contributed by atoms with Gasteiger partial charge in [0.25, 0.3) is 5.91 Å². The van der Waals surface area contributed by atoms with E-state index in [2.05, 4.69) is 10.6 Å². The topological polar surface area (TPSA) is 93.7 Å². The van der Waals surface area contributed by atoms with Crippen LogP contribution in [0.1, 0.15) is 30.4 Å². The lowest BCUT2D eigenvalue weighted by Gasteiger charge is -2.11. The summed E-state index contributed by atoms with van der Waals surface area (Å²) in [6.45, 7) is 3.50. The van der Waals surface area contributed by atoms with Crippen LogP contribution in [0.5, 0.6) is 11.5 Å². The van der Waals surface area contributed by atoms with Crippen molar-refractivity contribution in [2.45, 2.75) is 33.1 Å². The van der Waals surface area contributed by atoms with Crippen LogP contribution >= 0.6 is 0 Å². The molecule has 0 aliphatic heterocycles. The highest BCUT2D eigenvalue weighted by atomic mass is 16.5. The average molecular weight is 511 g/mol. The van der Waals surface area contributed by atoms with E-state index in [-0.39, 0.29) is 25.4 Å². The number of hydrogen-bond acceptors (Lipinski definition) is 5. The Balaban J connectivity index is 1.15. The molecular weight excluding hydrogens is 480 g/mol. The van der Waals surface area contributed by atoms with Crippen LogP contribution in [0.15, 0.2) is 84.9 Å². The molecule has 0 aromatic heterocycles. The van der Waals surface area contributed by atoms with Crippen LogP contribution in [0.3, 0.4) is 0 Å². The van der Waals surface area contributed by atoms with Gasteiger partial charge in [-0.25, -0.2) is 0 Å². The monoisotopic (exact) mass is 510 g/mol. The van der Waals surface area contributed by atoms with Gasteiger partial charge in [0.15, 0.2) is 6.61 Å². The molecule has 0 atom stereocenters. The van der Waals surface area contributed by atoms with Gasteiger partial charge >= 0.3 is 5.97 Å². The van der Waals surface area contributed by atoms with Crippen LogP contribution in [0.25, 0.3) is 10.8 Å². The van der Waals surface area contributed by atoms with Crippen LogP contribution in [0.2, 0.25) is 0 Å². The standard InChI is InChI=1S/C31H30N2O5/c1-21-7-5-10-28(22(21)2)33-30(35)20-37-31(36)12-6-11-29(34)32-25-14-17-26(18-15-25)38-27-16-13-23-8-3-4-9-24(23)19-27/h3-5,7-10,13-19H,6,11-12,20H2,1-2H3,(H,32,34)(H,33,35). The van der Waals surface area contributed by atoms with Gasteiger partial charge in [0, 0.05) is 24.2 Å². The van der Waals surface area contributed by atoms with Crippen LogP contribution in [0, 0.1) is 13.8 Å². The predicted molar refractivity (Wildman–Crippen MR) is 148 cm³/mol. The minimum absolute atomic E-state index is 0.0444. The Morgan fingerprint density at radius 2 is 1.45 bits per heavy atom. The maximum absolute atomic E-state index is 12.3. The number of nitrogens with one attached hydrogen (secondary N) is 2. The van der Waals surface area contributed by atoms with E-state index in [0.717, 1.165) is 27.6 Å². The zero-order valence-corrected chi connectivity index (χ0v) is 21.5. The Labute approximate surface area is 221 Å². The Morgan fingerprint density at radius 3 is 2.24 bits per heavy atom. The summed E-state index contributed by atoms with van der Waals surface area (Å²) in [5.41, 5.74) is 3.34. The van der Waals surface area contributed by atoms with Crippen molar-refractivity contribution in [2.75, 3.05) is 17.2 Å². The minimum Gasteiger partial charge on any atom is -0.457 e. The Bertz CT molecular complexity index is 1450. The van der Waals surface area contributed by atoms with Gasteiger partial charge in [-0.15, -0.1) is 0 Å². The summed E-state index contributed by atoms with van der Waals surface area (Å²) in [5.74, 6) is 0.244.